The lowest BCUT2D eigenvalue weighted by Gasteiger charge is -2.23. The second-order valence-corrected chi connectivity index (χ2v) is 6.54. The van der Waals surface area contributed by atoms with Crippen molar-refractivity contribution in [1.82, 2.24) is 5.32 Å². The highest BCUT2D eigenvalue weighted by Crippen LogP contribution is 2.48. The van der Waals surface area contributed by atoms with Gasteiger partial charge in [0.05, 0.1) is 0 Å². The highest BCUT2D eigenvalue weighted by Gasteiger charge is 2.42. The quantitative estimate of drug-likeness (QED) is 0.868. The van der Waals surface area contributed by atoms with Crippen LogP contribution in [0.5, 0.6) is 0 Å². The highest BCUT2D eigenvalue weighted by molar-refractivity contribution is 5.79. The third-order valence-corrected chi connectivity index (χ3v) is 5.36. The molecule has 1 amide bonds. The van der Waals surface area contributed by atoms with E-state index in [1.165, 1.54) is 24.8 Å². The largest absolute Gasteiger partial charge is 0.355 e. The first-order chi connectivity index (χ1) is 9.78. The average molecular weight is 271 g/mol. The van der Waals surface area contributed by atoms with E-state index < -0.39 is 0 Å². The number of fused-ring (bicyclic) bond motifs is 2. The summed E-state index contributed by atoms with van der Waals surface area (Å²) in [6, 6.07) is 10.5. The van der Waals surface area contributed by atoms with Gasteiger partial charge in [0.2, 0.25) is 5.91 Å². The summed E-state index contributed by atoms with van der Waals surface area (Å²) in [6.07, 6.45) is 6.14. The van der Waals surface area contributed by atoms with Gasteiger partial charge in [-0.15, -0.1) is 0 Å². The smallest absolute Gasteiger partial charge is 0.223 e. The third kappa shape index (κ3) is 2.74. The fraction of sp³-hybridized carbons (Fsp3) is 0.611. The molecule has 0 saturated heterocycles. The van der Waals surface area contributed by atoms with Crippen molar-refractivity contribution in [2.24, 2.45) is 17.8 Å². The first kappa shape index (κ1) is 13.7. The zero-order valence-electron chi connectivity index (χ0n) is 12.3. The van der Waals surface area contributed by atoms with Crippen LogP contribution in [0.4, 0.5) is 0 Å². The molecule has 0 spiro atoms. The van der Waals surface area contributed by atoms with Crippen molar-refractivity contribution in [1.29, 1.82) is 0 Å². The number of nitrogens with one attached hydrogen (secondary N) is 1. The zero-order chi connectivity index (χ0) is 13.9. The minimum Gasteiger partial charge on any atom is -0.355 e. The molecule has 2 aliphatic carbocycles. The molecule has 3 rings (SSSR count). The average Bonchev–Trinajstić information content (AvgIpc) is 3.11. The molecule has 2 bridgehead atoms. The summed E-state index contributed by atoms with van der Waals surface area (Å²) in [7, 11) is 0. The lowest BCUT2D eigenvalue weighted by Crippen LogP contribution is -2.36. The van der Waals surface area contributed by atoms with Gasteiger partial charge in [-0.25, -0.2) is 0 Å². The molecule has 1 aromatic carbocycles. The van der Waals surface area contributed by atoms with Crippen LogP contribution in [0.3, 0.4) is 0 Å². The Bertz CT molecular complexity index is 456. The zero-order valence-corrected chi connectivity index (χ0v) is 12.3. The molecule has 4 unspecified atom stereocenters. The summed E-state index contributed by atoms with van der Waals surface area (Å²) in [5, 5.41) is 3.22. The number of carbonyl (C=O) groups excluding carboxylic acids is 1. The van der Waals surface area contributed by atoms with Gasteiger partial charge in [0.1, 0.15) is 0 Å². The molecule has 0 aromatic heterocycles. The van der Waals surface area contributed by atoms with E-state index in [0.717, 1.165) is 25.3 Å². The fourth-order valence-corrected chi connectivity index (χ4v) is 4.14. The molecule has 1 N–H and O–H groups in total. The molecule has 2 fully saturated rings. The summed E-state index contributed by atoms with van der Waals surface area (Å²) in [4.78, 5) is 12.4. The van der Waals surface area contributed by atoms with E-state index in [0.29, 0.717) is 23.7 Å². The topological polar surface area (TPSA) is 29.1 Å². The second-order valence-electron chi connectivity index (χ2n) is 6.54. The summed E-state index contributed by atoms with van der Waals surface area (Å²) in [6.45, 7) is 2.98. The van der Waals surface area contributed by atoms with E-state index in [2.05, 4.69) is 36.5 Å². The van der Waals surface area contributed by atoms with E-state index in [1.807, 2.05) is 6.07 Å². The van der Waals surface area contributed by atoms with Crippen LogP contribution in [0.2, 0.25) is 0 Å². The summed E-state index contributed by atoms with van der Waals surface area (Å²) < 4.78 is 0. The van der Waals surface area contributed by atoms with Gasteiger partial charge in [0, 0.05) is 18.4 Å². The van der Waals surface area contributed by atoms with Crippen molar-refractivity contribution in [2.45, 2.75) is 44.9 Å². The van der Waals surface area contributed by atoms with Crippen LogP contribution in [0.1, 0.15) is 50.5 Å². The third-order valence-electron chi connectivity index (χ3n) is 5.36. The number of hydrogen-bond acceptors (Lipinski definition) is 1. The Balaban J connectivity index is 1.54. The van der Waals surface area contributed by atoms with Crippen LogP contribution in [0, 0.1) is 17.8 Å². The van der Waals surface area contributed by atoms with Crippen LogP contribution in [-0.2, 0) is 4.79 Å². The normalized spacial score (nSPS) is 29.4. The number of carbonyl (C=O) groups is 1. The van der Waals surface area contributed by atoms with Gasteiger partial charge in [0.15, 0.2) is 0 Å². The molecule has 2 aliphatic rings. The molecule has 108 valence electrons. The Hall–Kier alpha value is -1.31. The van der Waals surface area contributed by atoms with E-state index in [1.54, 1.807) is 0 Å². The Morgan fingerprint density at radius 2 is 2.05 bits per heavy atom. The van der Waals surface area contributed by atoms with Crippen molar-refractivity contribution in [3.05, 3.63) is 35.9 Å². The van der Waals surface area contributed by atoms with Crippen LogP contribution >= 0.6 is 0 Å². The molecule has 2 heteroatoms. The first-order valence-corrected chi connectivity index (χ1v) is 8.10. The monoisotopic (exact) mass is 271 g/mol. The van der Waals surface area contributed by atoms with E-state index >= 15 is 0 Å². The Kier molecular flexibility index (Phi) is 4.09. The first-order valence-electron chi connectivity index (χ1n) is 8.10. The maximum Gasteiger partial charge on any atom is 0.223 e. The molecule has 0 radical (unpaired) electrons. The molecule has 0 aliphatic heterocycles. The predicted molar refractivity (Wildman–Crippen MR) is 81.4 cm³/mol. The Labute approximate surface area is 122 Å². The van der Waals surface area contributed by atoms with Crippen molar-refractivity contribution in [3.8, 4) is 0 Å². The van der Waals surface area contributed by atoms with Crippen molar-refractivity contribution in [2.75, 3.05) is 6.54 Å². The van der Waals surface area contributed by atoms with Crippen LogP contribution in [0.25, 0.3) is 0 Å². The lowest BCUT2D eigenvalue weighted by atomic mass is 9.88. The maximum atomic E-state index is 12.4. The molecule has 1 aromatic rings. The van der Waals surface area contributed by atoms with Crippen LogP contribution in [-0.4, -0.2) is 12.5 Å². The van der Waals surface area contributed by atoms with Gasteiger partial charge in [-0.3, -0.25) is 4.79 Å². The van der Waals surface area contributed by atoms with E-state index in [-0.39, 0.29) is 0 Å². The highest BCUT2D eigenvalue weighted by atomic mass is 16.1. The number of hydrogen-bond donors (Lipinski definition) is 1. The van der Waals surface area contributed by atoms with Crippen molar-refractivity contribution >= 4 is 5.91 Å². The van der Waals surface area contributed by atoms with Crippen molar-refractivity contribution in [3.63, 3.8) is 0 Å². The maximum absolute atomic E-state index is 12.4. The van der Waals surface area contributed by atoms with Gasteiger partial charge in [-0.05, 0) is 43.1 Å². The second kappa shape index (κ2) is 5.99. The molecule has 2 nitrogen and oxygen atoms in total. The van der Waals surface area contributed by atoms with Gasteiger partial charge in [0.25, 0.3) is 0 Å². The SMILES string of the molecule is CCC(CNC(=O)C1CC2CCC1C2)c1ccccc1. The standard InChI is InChI=1S/C18H25NO/c1-2-14(15-6-4-3-5-7-15)12-19-18(20)17-11-13-8-9-16(17)10-13/h3-7,13-14,16-17H,2,8-12H2,1H3,(H,19,20). The molecular formula is C18H25NO. The number of amides is 1. The van der Waals surface area contributed by atoms with Gasteiger partial charge >= 0.3 is 0 Å². The summed E-state index contributed by atoms with van der Waals surface area (Å²) in [5.74, 6) is 2.58. The molecule has 20 heavy (non-hydrogen) atoms. The lowest BCUT2D eigenvalue weighted by molar-refractivity contribution is -0.126. The minimum atomic E-state index is 0.307. The summed E-state index contributed by atoms with van der Waals surface area (Å²) >= 11 is 0. The number of rotatable bonds is 5. The fourth-order valence-electron chi connectivity index (χ4n) is 4.14. The Morgan fingerprint density at radius 3 is 2.65 bits per heavy atom. The van der Waals surface area contributed by atoms with Crippen molar-refractivity contribution < 1.29 is 4.79 Å². The van der Waals surface area contributed by atoms with Gasteiger partial charge in [-0.1, -0.05) is 43.7 Å². The molecule has 2 saturated carbocycles. The molecule has 4 atom stereocenters. The Morgan fingerprint density at radius 1 is 1.25 bits per heavy atom. The van der Waals surface area contributed by atoms with Gasteiger partial charge in [-0.2, -0.15) is 0 Å². The number of benzene rings is 1. The minimum absolute atomic E-state index is 0.307. The van der Waals surface area contributed by atoms with Crippen LogP contribution < -0.4 is 5.32 Å². The van der Waals surface area contributed by atoms with Crippen LogP contribution in [0.15, 0.2) is 30.3 Å². The predicted octanol–water partition coefficient (Wildman–Crippen LogP) is 3.73. The molecular weight excluding hydrogens is 246 g/mol. The van der Waals surface area contributed by atoms with Gasteiger partial charge < -0.3 is 5.32 Å². The van der Waals surface area contributed by atoms with E-state index in [4.69, 9.17) is 0 Å². The summed E-state index contributed by atoms with van der Waals surface area (Å²) in [5.41, 5.74) is 1.34. The molecule has 0 heterocycles. The van der Waals surface area contributed by atoms with E-state index in [9.17, 15) is 4.79 Å².